The summed E-state index contributed by atoms with van der Waals surface area (Å²) in [5.41, 5.74) is 17.6. The molecule has 12 aromatic rings. The van der Waals surface area contributed by atoms with Crippen LogP contribution in [-0.4, -0.2) is 0 Å². The van der Waals surface area contributed by atoms with Gasteiger partial charge in [0.2, 0.25) is 0 Å². The summed E-state index contributed by atoms with van der Waals surface area (Å²) in [5.74, 6) is 0. The van der Waals surface area contributed by atoms with Gasteiger partial charge in [0, 0.05) is 27.4 Å². The zero-order valence-corrected chi connectivity index (χ0v) is 34.3. The van der Waals surface area contributed by atoms with Crippen LogP contribution in [0.5, 0.6) is 0 Å². The first kappa shape index (κ1) is 36.5. The van der Waals surface area contributed by atoms with Crippen LogP contribution >= 0.6 is 0 Å². The second-order valence-electron chi connectivity index (χ2n) is 16.0. The van der Waals surface area contributed by atoms with Gasteiger partial charge >= 0.3 is 0 Å². The first-order chi connectivity index (χ1) is 31.2. The summed E-state index contributed by atoms with van der Waals surface area (Å²) >= 11 is 0. The van der Waals surface area contributed by atoms with E-state index in [4.69, 9.17) is 8.83 Å². The Hall–Kier alpha value is -8.40. The van der Waals surface area contributed by atoms with Crippen LogP contribution in [0.4, 0.5) is 17.1 Å². The number of benzene rings is 10. The molecule has 0 aliphatic rings. The van der Waals surface area contributed by atoms with Crippen LogP contribution in [0.15, 0.2) is 245 Å². The Morgan fingerprint density at radius 3 is 1.29 bits per heavy atom. The lowest BCUT2D eigenvalue weighted by Crippen LogP contribution is -2.10. The van der Waals surface area contributed by atoms with E-state index in [1.807, 2.05) is 6.07 Å². The topological polar surface area (TPSA) is 29.5 Å². The van der Waals surface area contributed by atoms with Crippen molar-refractivity contribution in [2.75, 3.05) is 4.90 Å². The van der Waals surface area contributed by atoms with Crippen molar-refractivity contribution >= 4 is 60.9 Å². The highest BCUT2D eigenvalue weighted by Gasteiger charge is 2.25. The number of hydrogen-bond acceptors (Lipinski definition) is 3. The van der Waals surface area contributed by atoms with Crippen molar-refractivity contribution in [2.45, 2.75) is 0 Å². The van der Waals surface area contributed by atoms with Crippen LogP contribution in [0, 0.1) is 0 Å². The molecule has 10 aromatic carbocycles. The number of fused-ring (bicyclic) bond motifs is 6. The van der Waals surface area contributed by atoms with Gasteiger partial charge in [0.05, 0.1) is 16.8 Å². The molecule has 0 fully saturated rings. The molecule has 0 saturated heterocycles. The Morgan fingerprint density at radius 2 is 0.714 bits per heavy atom. The molecule has 0 bridgehead atoms. The van der Waals surface area contributed by atoms with Gasteiger partial charge < -0.3 is 13.7 Å². The predicted octanol–water partition coefficient (Wildman–Crippen LogP) is 17.3. The van der Waals surface area contributed by atoms with E-state index in [2.05, 4.69) is 235 Å². The largest absolute Gasteiger partial charge is 0.455 e. The average Bonchev–Trinajstić information content (AvgIpc) is 3.94. The molecule has 0 saturated carbocycles. The fourth-order valence-electron chi connectivity index (χ4n) is 9.17. The standard InChI is InChI=1S/C60H39NO2/c1-5-14-40(15-6-1)43-24-26-44(27-25-43)45-28-32-49(33-29-45)61(55-23-13-22-52-51-34-30-47(38-56(51)62-59(52)55)41-16-7-2-8-17-41)54-37-36-50(46-20-11-4-12-21-46)60-58(54)53-35-31-48(39-57(53)63-60)42-18-9-3-10-19-42/h1-39H. The van der Waals surface area contributed by atoms with Gasteiger partial charge in [0.25, 0.3) is 0 Å². The molecule has 2 aromatic heterocycles. The van der Waals surface area contributed by atoms with Crippen molar-refractivity contribution in [3.8, 4) is 55.6 Å². The molecule has 0 atom stereocenters. The van der Waals surface area contributed by atoms with Gasteiger partial charge in [-0.3, -0.25) is 0 Å². The molecule has 2 heterocycles. The highest BCUT2D eigenvalue weighted by molar-refractivity contribution is 6.19. The third-order valence-corrected chi connectivity index (χ3v) is 12.3. The third-order valence-electron chi connectivity index (χ3n) is 12.3. The number of anilines is 3. The molecule has 0 aliphatic carbocycles. The van der Waals surface area contributed by atoms with Crippen LogP contribution in [0.1, 0.15) is 0 Å². The smallest absolute Gasteiger partial charge is 0.159 e. The van der Waals surface area contributed by atoms with E-state index in [-0.39, 0.29) is 0 Å². The minimum Gasteiger partial charge on any atom is -0.455 e. The van der Waals surface area contributed by atoms with Gasteiger partial charge in [-0.1, -0.05) is 182 Å². The van der Waals surface area contributed by atoms with Gasteiger partial charge in [-0.15, -0.1) is 0 Å². The summed E-state index contributed by atoms with van der Waals surface area (Å²) in [6, 6.07) is 83.8. The molecular weight excluding hydrogens is 767 g/mol. The molecule has 0 unspecified atom stereocenters. The lowest BCUT2D eigenvalue weighted by atomic mass is 9.98. The van der Waals surface area contributed by atoms with Gasteiger partial charge in [0.15, 0.2) is 5.58 Å². The van der Waals surface area contributed by atoms with E-state index in [1.54, 1.807) is 0 Å². The number of furan rings is 2. The summed E-state index contributed by atoms with van der Waals surface area (Å²) in [5, 5.41) is 4.21. The molecule has 0 amide bonds. The molecule has 0 N–H and O–H groups in total. The normalized spacial score (nSPS) is 11.5. The number of rotatable bonds is 8. The minimum atomic E-state index is 0.817. The van der Waals surface area contributed by atoms with Gasteiger partial charge in [-0.25, -0.2) is 0 Å². The van der Waals surface area contributed by atoms with Crippen LogP contribution in [-0.2, 0) is 0 Å². The number of para-hydroxylation sites is 1. The fourth-order valence-corrected chi connectivity index (χ4v) is 9.17. The first-order valence-electron chi connectivity index (χ1n) is 21.4. The van der Waals surface area contributed by atoms with E-state index < -0.39 is 0 Å². The lowest BCUT2D eigenvalue weighted by molar-refractivity contribution is 0.668. The molecule has 3 nitrogen and oxygen atoms in total. The Bertz CT molecular complexity index is 3570. The maximum Gasteiger partial charge on any atom is 0.159 e. The molecule has 3 heteroatoms. The minimum absolute atomic E-state index is 0.817. The maximum absolute atomic E-state index is 7.02. The van der Waals surface area contributed by atoms with Crippen molar-refractivity contribution in [3.63, 3.8) is 0 Å². The van der Waals surface area contributed by atoms with E-state index in [0.29, 0.717) is 0 Å². The van der Waals surface area contributed by atoms with Crippen molar-refractivity contribution < 1.29 is 8.83 Å². The molecule has 12 rings (SSSR count). The highest BCUT2D eigenvalue weighted by Crippen LogP contribution is 2.49. The second-order valence-corrected chi connectivity index (χ2v) is 16.0. The van der Waals surface area contributed by atoms with Crippen molar-refractivity contribution in [3.05, 3.63) is 237 Å². The lowest BCUT2D eigenvalue weighted by Gasteiger charge is -2.27. The zero-order chi connectivity index (χ0) is 41.7. The van der Waals surface area contributed by atoms with Crippen LogP contribution in [0.3, 0.4) is 0 Å². The monoisotopic (exact) mass is 805 g/mol. The maximum atomic E-state index is 7.02. The van der Waals surface area contributed by atoms with Crippen LogP contribution in [0.25, 0.3) is 99.5 Å². The zero-order valence-electron chi connectivity index (χ0n) is 34.3. The van der Waals surface area contributed by atoms with E-state index in [0.717, 1.165) is 105 Å². The van der Waals surface area contributed by atoms with Crippen molar-refractivity contribution in [2.24, 2.45) is 0 Å². The van der Waals surface area contributed by atoms with Crippen molar-refractivity contribution in [1.29, 1.82) is 0 Å². The molecule has 0 spiro atoms. The predicted molar refractivity (Wildman–Crippen MR) is 263 cm³/mol. The Kier molecular flexibility index (Phi) is 8.83. The SMILES string of the molecule is c1ccc(-c2ccc(-c3ccc(N(c4cccc5c4oc4cc(-c6ccccc6)ccc45)c4ccc(-c5ccccc5)c5oc6cc(-c7ccccc7)ccc6c45)cc3)cc2)cc1. The van der Waals surface area contributed by atoms with Gasteiger partial charge in [0.1, 0.15) is 16.7 Å². The molecular formula is C60H39NO2. The summed E-state index contributed by atoms with van der Waals surface area (Å²) in [4.78, 5) is 2.35. The summed E-state index contributed by atoms with van der Waals surface area (Å²) in [6.45, 7) is 0. The van der Waals surface area contributed by atoms with E-state index in [1.165, 1.54) is 11.1 Å². The average molecular weight is 806 g/mol. The van der Waals surface area contributed by atoms with E-state index >= 15 is 0 Å². The molecule has 0 aliphatic heterocycles. The first-order valence-corrected chi connectivity index (χ1v) is 21.4. The molecule has 0 radical (unpaired) electrons. The Labute approximate surface area is 365 Å². The van der Waals surface area contributed by atoms with Crippen LogP contribution < -0.4 is 4.90 Å². The fraction of sp³-hybridized carbons (Fsp3) is 0. The molecule has 63 heavy (non-hydrogen) atoms. The second kappa shape index (κ2) is 15.3. The quantitative estimate of drug-likeness (QED) is 0.153. The van der Waals surface area contributed by atoms with E-state index in [9.17, 15) is 0 Å². The van der Waals surface area contributed by atoms with Crippen LogP contribution in [0.2, 0.25) is 0 Å². The van der Waals surface area contributed by atoms with Gasteiger partial charge in [-0.05, 0) is 105 Å². The summed E-state index contributed by atoms with van der Waals surface area (Å²) < 4.78 is 14.0. The Morgan fingerprint density at radius 1 is 0.270 bits per heavy atom. The number of nitrogens with zero attached hydrogens (tertiary/aromatic N) is 1. The van der Waals surface area contributed by atoms with Gasteiger partial charge in [-0.2, -0.15) is 0 Å². The summed E-state index contributed by atoms with van der Waals surface area (Å²) in [7, 11) is 0. The summed E-state index contributed by atoms with van der Waals surface area (Å²) in [6.07, 6.45) is 0. The van der Waals surface area contributed by atoms with Crippen molar-refractivity contribution in [1.82, 2.24) is 0 Å². The highest BCUT2D eigenvalue weighted by atomic mass is 16.3. The third kappa shape index (κ3) is 6.46. The molecule has 296 valence electrons. The number of hydrogen-bond donors (Lipinski definition) is 0. The Balaban J connectivity index is 1.07.